The van der Waals surface area contributed by atoms with E-state index in [0.717, 1.165) is 5.56 Å². The minimum atomic E-state index is -1.02. The highest BCUT2D eigenvalue weighted by Crippen LogP contribution is 2.30. The quantitative estimate of drug-likeness (QED) is 0.769. The molecule has 2 aromatic carbocycles. The molecule has 1 atom stereocenters. The van der Waals surface area contributed by atoms with Gasteiger partial charge in [0.15, 0.2) is 0 Å². The topological polar surface area (TPSA) is 98.7 Å². The number of imidazole rings is 1. The van der Waals surface area contributed by atoms with Gasteiger partial charge in [0.05, 0.1) is 22.3 Å². The highest BCUT2D eigenvalue weighted by molar-refractivity contribution is 6.18. The summed E-state index contributed by atoms with van der Waals surface area (Å²) < 4.78 is 0. The zero-order valence-corrected chi connectivity index (χ0v) is 13.3. The zero-order chi connectivity index (χ0) is 17.6. The molecule has 0 bridgehead atoms. The number of anilines is 1. The van der Waals surface area contributed by atoms with Crippen LogP contribution in [0, 0.1) is 0 Å². The summed E-state index contributed by atoms with van der Waals surface area (Å²) in [4.78, 5) is 31.2. The van der Waals surface area contributed by atoms with Crippen molar-refractivity contribution in [3.63, 3.8) is 0 Å². The summed E-state index contributed by atoms with van der Waals surface area (Å²) in [7, 11) is 0. The number of aromatic amines is 1. The summed E-state index contributed by atoms with van der Waals surface area (Å²) >= 11 is 0. The summed E-state index contributed by atoms with van der Waals surface area (Å²) in [6.07, 6.45) is 0. The second-order valence-electron chi connectivity index (χ2n) is 5.83. The van der Waals surface area contributed by atoms with E-state index in [1.165, 1.54) is 17.1 Å². The third-order valence-corrected chi connectivity index (χ3v) is 4.18. The van der Waals surface area contributed by atoms with Gasteiger partial charge in [0, 0.05) is 0 Å². The first-order valence-electron chi connectivity index (χ1n) is 7.71. The van der Waals surface area contributed by atoms with Gasteiger partial charge in [-0.2, -0.15) is 10.1 Å². The number of fused-ring (bicyclic) bond motifs is 1. The minimum absolute atomic E-state index is 0.150. The van der Waals surface area contributed by atoms with E-state index in [1.807, 2.05) is 30.3 Å². The van der Waals surface area contributed by atoms with Crippen LogP contribution >= 0.6 is 0 Å². The molecule has 0 saturated carbocycles. The highest BCUT2D eigenvalue weighted by atomic mass is 16.4. The molecule has 4 rings (SSSR count). The molecule has 7 heteroatoms. The summed E-state index contributed by atoms with van der Waals surface area (Å²) in [5.74, 6) is -1.38. The van der Waals surface area contributed by atoms with E-state index in [-0.39, 0.29) is 17.4 Å². The SMILES string of the molecule is CC1=NN(c2nc3ccc(C(=O)O)cc3[nH]2)C(=O)[C@@H]1c1ccccc1. The molecule has 0 unspecified atom stereocenters. The first-order valence-corrected chi connectivity index (χ1v) is 7.71. The molecule has 2 heterocycles. The molecule has 7 nitrogen and oxygen atoms in total. The van der Waals surface area contributed by atoms with Crippen molar-refractivity contribution in [3.8, 4) is 0 Å². The Labute approximate surface area is 142 Å². The Morgan fingerprint density at radius 3 is 2.68 bits per heavy atom. The van der Waals surface area contributed by atoms with Crippen LogP contribution in [0.5, 0.6) is 0 Å². The maximum Gasteiger partial charge on any atom is 0.335 e. The van der Waals surface area contributed by atoms with E-state index in [9.17, 15) is 9.59 Å². The standard InChI is InChI=1S/C18H14N4O3/c1-10-15(11-5-3-2-4-6-11)16(23)22(21-10)18-19-13-8-7-12(17(24)25)9-14(13)20-18/h2-9,15H,1H3,(H,19,20)(H,24,25)/t15-/m0/s1. The normalized spacial score (nSPS) is 17.2. The van der Waals surface area contributed by atoms with Crippen LogP contribution in [0.4, 0.5) is 5.95 Å². The van der Waals surface area contributed by atoms with Crippen molar-refractivity contribution in [2.75, 3.05) is 5.01 Å². The van der Waals surface area contributed by atoms with Gasteiger partial charge >= 0.3 is 5.97 Å². The lowest BCUT2D eigenvalue weighted by molar-refractivity contribution is -0.118. The van der Waals surface area contributed by atoms with Crippen LogP contribution in [0.15, 0.2) is 53.6 Å². The Bertz CT molecular complexity index is 1020. The first kappa shape index (κ1) is 15.1. The number of nitrogens with zero attached hydrogens (tertiary/aromatic N) is 3. The molecular weight excluding hydrogens is 320 g/mol. The largest absolute Gasteiger partial charge is 0.478 e. The molecule has 3 aromatic rings. The predicted molar refractivity (Wildman–Crippen MR) is 92.8 cm³/mol. The smallest absolute Gasteiger partial charge is 0.335 e. The molecule has 0 fully saturated rings. The van der Waals surface area contributed by atoms with Gasteiger partial charge in [0.25, 0.3) is 5.91 Å². The number of carbonyl (C=O) groups is 2. The number of carbonyl (C=O) groups excluding carboxylic acids is 1. The van der Waals surface area contributed by atoms with Crippen LogP contribution in [-0.2, 0) is 4.79 Å². The van der Waals surface area contributed by atoms with E-state index < -0.39 is 11.9 Å². The minimum Gasteiger partial charge on any atom is -0.478 e. The Morgan fingerprint density at radius 1 is 1.20 bits per heavy atom. The van der Waals surface area contributed by atoms with Crippen LogP contribution in [0.3, 0.4) is 0 Å². The summed E-state index contributed by atoms with van der Waals surface area (Å²) in [5, 5.41) is 14.7. The van der Waals surface area contributed by atoms with E-state index in [2.05, 4.69) is 15.1 Å². The number of amides is 1. The van der Waals surface area contributed by atoms with Gasteiger partial charge in [0.2, 0.25) is 5.95 Å². The fourth-order valence-corrected chi connectivity index (χ4v) is 2.98. The number of hydrazone groups is 1. The number of aromatic carboxylic acids is 1. The predicted octanol–water partition coefficient (Wildman–Crippen LogP) is 2.77. The Kier molecular flexibility index (Phi) is 3.35. The second-order valence-corrected chi connectivity index (χ2v) is 5.83. The second kappa shape index (κ2) is 5.55. The number of carboxylic acids is 1. The van der Waals surface area contributed by atoms with Gasteiger partial charge in [-0.15, -0.1) is 0 Å². The van der Waals surface area contributed by atoms with Gasteiger partial charge in [-0.05, 0) is 30.7 Å². The van der Waals surface area contributed by atoms with Crippen LogP contribution in [0.25, 0.3) is 11.0 Å². The Hall–Kier alpha value is -3.48. The number of nitrogens with one attached hydrogen (secondary N) is 1. The van der Waals surface area contributed by atoms with Crippen molar-refractivity contribution in [2.24, 2.45) is 5.10 Å². The summed E-state index contributed by atoms with van der Waals surface area (Å²) in [5.41, 5.74) is 2.82. The maximum absolute atomic E-state index is 12.8. The van der Waals surface area contributed by atoms with Crippen LogP contribution in [0.2, 0.25) is 0 Å². The van der Waals surface area contributed by atoms with Gasteiger partial charge in [-0.25, -0.2) is 9.78 Å². The molecule has 0 saturated heterocycles. The van der Waals surface area contributed by atoms with Crippen molar-refractivity contribution in [1.29, 1.82) is 0 Å². The van der Waals surface area contributed by atoms with Crippen LogP contribution in [0.1, 0.15) is 28.8 Å². The maximum atomic E-state index is 12.8. The average Bonchev–Trinajstić information content (AvgIpc) is 3.15. The number of hydrogen-bond acceptors (Lipinski definition) is 4. The van der Waals surface area contributed by atoms with E-state index in [0.29, 0.717) is 16.7 Å². The van der Waals surface area contributed by atoms with Crippen molar-refractivity contribution in [1.82, 2.24) is 9.97 Å². The molecule has 1 amide bonds. The number of benzene rings is 2. The molecular formula is C18H14N4O3. The third-order valence-electron chi connectivity index (χ3n) is 4.18. The monoisotopic (exact) mass is 334 g/mol. The molecule has 124 valence electrons. The van der Waals surface area contributed by atoms with Crippen molar-refractivity contribution in [3.05, 3.63) is 59.7 Å². The zero-order valence-electron chi connectivity index (χ0n) is 13.3. The van der Waals surface area contributed by atoms with Crippen molar-refractivity contribution in [2.45, 2.75) is 12.8 Å². The third kappa shape index (κ3) is 2.46. The summed E-state index contributed by atoms with van der Waals surface area (Å²) in [6, 6.07) is 14.0. The van der Waals surface area contributed by atoms with Gasteiger partial charge < -0.3 is 10.1 Å². The molecule has 1 aliphatic heterocycles. The molecule has 25 heavy (non-hydrogen) atoms. The Balaban J connectivity index is 1.72. The fourth-order valence-electron chi connectivity index (χ4n) is 2.98. The first-order chi connectivity index (χ1) is 12.0. The Morgan fingerprint density at radius 2 is 1.96 bits per heavy atom. The number of rotatable bonds is 3. The lowest BCUT2D eigenvalue weighted by atomic mass is 9.95. The van der Waals surface area contributed by atoms with E-state index >= 15 is 0 Å². The van der Waals surface area contributed by atoms with Crippen LogP contribution in [-0.4, -0.2) is 32.7 Å². The number of aromatic nitrogens is 2. The average molecular weight is 334 g/mol. The van der Waals surface area contributed by atoms with Gasteiger partial charge in [-0.3, -0.25) is 4.79 Å². The fraction of sp³-hybridized carbons (Fsp3) is 0.111. The lowest BCUT2D eigenvalue weighted by Crippen LogP contribution is -2.26. The molecule has 0 spiro atoms. The number of carboxylic acid groups (broad SMARTS) is 1. The molecule has 0 aliphatic carbocycles. The molecule has 2 N–H and O–H groups in total. The van der Waals surface area contributed by atoms with Crippen LogP contribution < -0.4 is 5.01 Å². The van der Waals surface area contributed by atoms with Gasteiger partial charge in [-0.1, -0.05) is 30.3 Å². The van der Waals surface area contributed by atoms with E-state index in [4.69, 9.17) is 5.11 Å². The van der Waals surface area contributed by atoms with Crippen molar-refractivity contribution >= 4 is 34.6 Å². The molecule has 1 aromatic heterocycles. The summed E-state index contributed by atoms with van der Waals surface area (Å²) in [6.45, 7) is 1.81. The lowest BCUT2D eigenvalue weighted by Gasteiger charge is -2.11. The molecule has 1 aliphatic rings. The molecule has 0 radical (unpaired) electrons. The number of H-pyrrole nitrogens is 1. The number of hydrogen-bond donors (Lipinski definition) is 2. The highest BCUT2D eigenvalue weighted by Gasteiger charge is 2.36. The van der Waals surface area contributed by atoms with Crippen molar-refractivity contribution < 1.29 is 14.7 Å². The van der Waals surface area contributed by atoms with E-state index in [1.54, 1.807) is 13.0 Å². The van der Waals surface area contributed by atoms with Gasteiger partial charge in [0.1, 0.15) is 5.92 Å².